The maximum Gasteiger partial charge on any atom is 0.146 e. The Labute approximate surface area is 111 Å². The molecule has 5 heteroatoms. The number of nitrogens with zero attached hydrogens (tertiary/aromatic N) is 2. The summed E-state index contributed by atoms with van der Waals surface area (Å²) in [6, 6.07) is 5.03. The Morgan fingerprint density at radius 3 is 3.00 bits per heavy atom. The minimum atomic E-state index is -0.344. The van der Waals surface area contributed by atoms with Crippen LogP contribution in [0.5, 0.6) is 0 Å². The SMILES string of the molecule is Cn1ccnc1CCNCc1cccc(Cl)c1F. The van der Waals surface area contributed by atoms with E-state index in [9.17, 15) is 4.39 Å². The summed E-state index contributed by atoms with van der Waals surface area (Å²) < 4.78 is 15.6. The zero-order valence-corrected chi connectivity index (χ0v) is 10.9. The van der Waals surface area contributed by atoms with E-state index in [0.29, 0.717) is 12.1 Å². The van der Waals surface area contributed by atoms with Crippen LogP contribution in [-0.2, 0) is 20.0 Å². The quantitative estimate of drug-likeness (QED) is 0.844. The number of halogens is 2. The number of aromatic nitrogens is 2. The molecule has 1 N–H and O–H groups in total. The van der Waals surface area contributed by atoms with Gasteiger partial charge < -0.3 is 9.88 Å². The van der Waals surface area contributed by atoms with Crippen LogP contribution < -0.4 is 5.32 Å². The summed E-state index contributed by atoms with van der Waals surface area (Å²) in [6.07, 6.45) is 4.49. The molecule has 0 fully saturated rings. The fourth-order valence-corrected chi connectivity index (χ4v) is 1.94. The van der Waals surface area contributed by atoms with Crippen LogP contribution in [0.2, 0.25) is 5.02 Å². The molecule has 96 valence electrons. The number of aryl methyl sites for hydroxylation is 1. The number of rotatable bonds is 5. The van der Waals surface area contributed by atoms with E-state index in [-0.39, 0.29) is 10.8 Å². The maximum absolute atomic E-state index is 13.6. The van der Waals surface area contributed by atoms with Crippen LogP contribution >= 0.6 is 11.6 Å². The second kappa shape index (κ2) is 5.98. The summed E-state index contributed by atoms with van der Waals surface area (Å²) >= 11 is 5.71. The predicted molar refractivity (Wildman–Crippen MR) is 70.0 cm³/mol. The van der Waals surface area contributed by atoms with Gasteiger partial charge in [-0.05, 0) is 6.07 Å². The lowest BCUT2D eigenvalue weighted by Gasteiger charge is -2.07. The molecule has 0 saturated heterocycles. The number of nitrogens with one attached hydrogen (secondary N) is 1. The molecule has 0 aliphatic carbocycles. The zero-order valence-electron chi connectivity index (χ0n) is 10.2. The van der Waals surface area contributed by atoms with Crippen molar-refractivity contribution in [2.45, 2.75) is 13.0 Å². The first-order valence-electron chi connectivity index (χ1n) is 5.78. The number of hydrogen-bond acceptors (Lipinski definition) is 2. The first-order chi connectivity index (χ1) is 8.68. The highest BCUT2D eigenvalue weighted by atomic mass is 35.5. The third-order valence-electron chi connectivity index (χ3n) is 2.79. The van der Waals surface area contributed by atoms with Crippen molar-refractivity contribution in [1.29, 1.82) is 0 Å². The molecule has 2 aromatic rings. The Hall–Kier alpha value is -1.39. The van der Waals surface area contributed by atoms with Crippen LogP contribution in [0.1, 0.15) is 11.4 Å². The molecule has 0 bridgehead atoms. The van der Waals surface area contributed by atoms with Crippen LogP contribution in [0, 0.1) is 5.82 Å². The first-order valence-corrected chi connectivity index (χ1v) is 6.16. The van der Waals surface area contributed by atoms with E-state index in [2.05, 4.69) is 10.3 Å². The summed E-state index contributed by atoms with van der Waals surface area (Å²) in [5, 5.41) is 3.35. The van der Waals surface area contributed by atoms with Gasteiger partial charge in [0.1, 0.15) is 11.6 Å². The third kappa shape index (κ3) is 3.09. The second-order valence-electron chi connectivity index (χ2n) is 4.09. The van der Waals surface area contributed by atoms with Crippen molar-refractivity contribution in [3.63, 3.8) is 0 Å². The van der Waals surface area contributed by atoms with Gasteiger partial charge in [0.25, 0.3) is 0 Å². The smallest absolute Gasteiger partial charge is 0.146 e. The van der Waals surface area contributed by atoms with Gasteiger partial charge in [0.15, 0.2) is 0 Å². The van der Waals surface area contributed by atoms with Crippen LogP contribution in [0.3, 0.4) is 0 Å². The van der Waals surface area contributed by atoms with Crippen molar-refractivity contribution in [2.24, 2.45) is 7.05 Å². The molecular formula is C13H15ClFN3. The molecule has 1 heterocycles. The highest BCUT2D eigenvalue weighted by molar-refractivity contribution is 6.30. The molecule has 0 radical (unpaired) electrons. The topological polar surface area (TPSA) is 29.9 Å². The van der Waals surface area contributed by atoms with E-state index in [1.165, 1.54) is 0 Å². The fraction of sp³-hybridized carbons (Fsp3) is 0.308. The minimum Gasteiger partial charge on any atom is -0.338 e. The Bertz CT molecular complexity index is 525. The highest BCUT2D eigenvalue weighted by Crippen LogP contribution is 2.17. The lowest BCUT2D eigenvalue weighted by Crippen LogP contribution is -2.18. The summed E-state index contributed by atoms with van der Waals surface area (Å²) in [4.78, 5) is 4.22. The standard InChI is InChI=1S/C13H15ClFN3/c1-18-8-7-17-12(18)5-6-16-9-10-3-2-4-11(14)13(10)15/h2-4,7-8,16H,5-6,9H2,1H3. The number of imidazole rings is 1. The Kier molecular flexibility index (Phi) is 4.33. The molecule has 0 amide bonds. The van der Waals surface area contributed by atoms with Gasteiger partial charge in [0, 0.05) is 44.5 Å². The summed E-state index contributed by atoms with van der Waals surface area (Å²) in [5.41, 5.74) is 0.586. The van der Waals surface area contributed by atoms with Crippen LogP contribution in [0.25, 0.3) is 0 Å². The molecule has 0 atom stereocenters. The fourth-order valence-electron chi connectivity index (χ4n) is 1.75. The van der Waals surface area contributed by atoms with Crippen molar-refractivity contribution >= 4 is 11.6 Å². The van der Waals surface area contributed by atoms with Gasteiger partial charge in [-0.15, -0.1) is 0 Å². The van der Waals surface area contributed by atoms with Gasteiger partial charge in [-0.2, -0.15) is 0 Å². The Morgan fingerprint density at radius 1 is 1.44 bits per heavy atom. The van der Waals surface area contributed by atoms with Gasteiger partial charge in [0.2, 0.25) is 0 Å². The van der Waals surface area contributed by atoms with Gasteiger partial charge in [0.05, 0.1) is 5.02 Å². The monoisotopic (exact) mass is 267 g/mol. The Balaban J connectivity index is 1.82. The molecule has 2 rings (SSSR count). The average Bonchev–Trinajstić information content (AvgIpc) is 2.76. The summed E-state index contributed by atoms with van der Waals surface area (Å²) in [5.74, 6) is 0.665. The zero-order chi connectivity index (χ0) is 13.0. The number of benzene rings is 1. The van der Waals surface area contributed by atoms with Crippen molar-refractivity contribution < 1.29 is 4.39 Å². The summed E-state index contributed by atoms with van der Waals surface area (Å²) in [7, 11) is 1.96. The third-order valence-corrected chi connectivity index (χ3v) is 3.09. The molecule has 0 aliphatic heterocycles. The summed E-state index contributed by atoms with van der Waals surface area (Å²) in [6.45, 7) is 1.22. The van der Waals surface area contributed by atoms with Crippen molar-refractivity contribution in [2.75, 3.05) is 6.54 Å². The lowest BCUT2D eigenvalue weighted by molar-refractivity contribution is 0.584. The normalized spacial score (nSPS) is 10.8. The predicted octanol–water partition coefficient (Wildman–Crippen LogP) is 2.54. The molecule has 18 heavy (non-hydrogen) atoms. The molecule has 0 unspecified atom stereocenters. The van der Waals surface area contributed by atoms with E-state index in [0.717, 1.165) is 18.8 Å². The van der Waals surface area contributed by atoms with E-state index < -0.39 is 0 Å². The molecule has 0 aliphatic rings. The Morgan fingerprint density at radius 2 is 2.28 bits per heavy atom. The number of hydrogen-bond donors (Lipinski definition) is 1. The highest BCUT2D eigenvalue weighted by Gasteiger charge is 2.05. The van der Waals surface area contributed by atoms with Crippen molar-refractivity contribution in [1.82, 2.24) is 14.9 Å². The second-order valence-corrected chi connectivity index (χ2v) is 4.50. The van der Waals surface area contributed by atoms with Crippen molar-refractivity contribution in [3.05, 3.63) is 52.8 Å². The molecule has 3 nitrogen and oxygen atoms in total. The van der Waals surface area contributed by atoms with E-state index >= 15 is 0 Å². The van der Waals surface area contributed by atoms with Gasteiger partial charge in [-0.1, -0.05) is 23.7 Å². The molecule has 1 aromatic carbocycles. The van der Waals surface area contributed by atoms with E-state index in [4.69, 9.17) is 11.6 Å². The van der Waals surface area contributed by atoms with Crippen LogP contribution in [-0.4, -0.2) is 16.1 Å². The molecular weight excluding hydrogens is 253 g/mol. The molecule has 0 spiro atoms. The average molecular weight is 268 g/mol. The van der Waals surface area contributed by atoms with Crippen LogP contribution in [0.4, 0.5) is 4.39 Å². The van der Waals surface area contributed by atoms with Crippen LogP contribution in [0.15, 0.2) is 30.6 Å². The van der Waals surface area contributed by atoms with Gasteiger partial charge in [-0.3, -0.25) is 0 Å². The minimum absolute atomic E-state index is 0.165. The largest absolute Gasteiger partial charge is 0.338 e. The lowest BCUT2D eigenvalue weighted by atomic mass is 10.2. The van der Waals surface area contributed by atoms with Crippen molar-refractivity contribution in [3.8, 4) is 0 Å². The van der Waals surface area contributed by atoms with E-state index in [1.54, 1.807) is 24.4 Å². The van der Waals surface area contributed by atoms with Gasteiger partial charge >= 0.3 is 0 Å². The molecule has 1 aromatic heterocycles. The molecule has 0 saturated carbocycles. The first kappa shape index (κ1) is 13.1. The maximum atomic E-state index is 13.6. The van der Waals surface area contributed by atoms with Gasteiger partial charge in [-0.25, -0.2) is 9.37 Å². The van der Waals surface area contributed by atoms with E-state index in [1.807, 2.05) is 17.8 Å².